The fourth-order valence-corrected chi connectivity index (χ4v) is 2.06. The second kappa shape index (κ2) is 5.60. The first-order valence-corrected chi connectivity index (χ1v) is 6.32. The van der Waals surface area contributed by atoms with Crippen molar-refractivity contribution in [2.24, 2.45) is 0 Å². The Morgan fingerprint density at radius 2 is 1.76 bits per heavy atom. The summed E-state index contributed by atoms with van der Waals surface area (Å²) >= 11 is 0. The summed E-state index contributed by atoms with van der Waals surface area (Å²) in [6.45, 7) is 3.12. The molecule has 1 amide bonds. The first-order valence-electron chi connectivity index (χ1n) is 6.32. The molecule has 2 nitrogen and oxygen atoms in total. The van der Waals surface area contributed by atoms with Crippen LogP contribution in [0.1, 0.15) is 18.1 Å². The van der Waals surface area contributed by atoms with Crippen LogP contribution in [0.3, 0.4) is 0 Å². The van der Waals surface area contributed by atoms with Crippen LogP contribution in [-0.2, 0) is 11.0 Å². The summed E-state index contributed by atoms with van der Waals surface area (Å²) in [4.78, 5) is 11.1. The number of benzene rings is 2. The zero-order chi connectivity index (χ0) is 15.6. The molecule has 110 valence electrons. The maximum absolute atomic E-state index is 13.0. The van der Waals surface area contributed by atoms with Crippen LogP contribution >= 0.6 is 0 Å². The molecule has 0 atom stereocenters. The van der Waals surface area contributed by atoms with Crippen LogP contribution in [0.25, 0.3) is 11.1 Å². The number of hydrogen-bond donors (Lipinski definition) is 1. The van der Waals surface area contributed by atoms with Gasteiger partial charge in [-0.3, -0.25) is 4.79 Å². The maximum Gasteiger partial charge on any atom is 0.416 e. The van der Waals surface area contributed by atoms with Crippen LogP contribution in [0.15, 0.2) is 42.5 Å². The Balaban J connectivity index is 2.57. The van der Waals surface area contributed by atoms with E-state index in [1.165, 1.54) is 13.0 Å². The van der Waals surface area contributed by atoms with Gasteiger partial charge in [-0.25, -0.2) is 0 Å². The molecule has 0 saturated carbocycles. The van der Waals surface area contributed by atoms with Crippen molar-refractivity contribution in [3.63, 3.8) is 0 Å². The summed E-state index contributed by atoms with van der Waals surface area (Å²) in [5.74, 6) is -0.412. The van der Waals surface area contributed by atoms with Gasteiger partial charge in [0.15, 0.2) is 0 Å². The Hall–Kier alpha value is -2.30. The van der Waals surface area contributed by atoms with Gasteiger partial charge in [0.25, 0.3) is 0 Å². The Kier molecular flexibility index (Phi) is 4.02. The molecule has 0 saturated heterocycles. The average molecular weight is 293 g/mol. The highest BCUT2D eigenvalue weighted by Gasteiger charge is 2.31. The van der Waals surface area contributed by atoms with Gasteiger partial charge in [-0.1, -0.05) is 29.8 Å². The second-order valence-corrected chi connectivity index (χ2v) is 4.85. The number of alkyl halides is 3. The van der Waals surface area contributed by atoms with Crippen LogP contribution < -0.4 is 5.32 Å². The van der Waals surface area contributed by atoms with Crippen molar-refractivity contribution in [3.05, 3.63) is 53.6 Å². The molecule has 2 aromatic carbocycles. The van der Waals surface area contributed by atoms with E-state index in [1.54, 1.807) is 18.2 Å². The minimum absolute atomic E-state index is 0.133. The van der Waals surface area contributed by atoms with E-state index in [9.17, 15) is 18.0 Å². The maximum atomic E-state index is 13.0. The molecule has 0 aliphatic rings. The van der Waals surface area contributed by atoms with Gasteiger partial charge in [-0.15, -0.1) is 0 Å². The van der Waals surface area contributed by atoms with Crippen molar-refractivity contribution >= 4 is 11.6 Å². The normalized spacial score (nSPS) is 11.3. The number of aryl methyl sites for hydroxylation is 1. The molecule has 0 aliphatic heterocycles. The quantitative estimate of drug-likeness (QED) is 0.858. The predicted octanol–water partition coefficient (Wildman–Crippen LogP) is 4.64. The standard InChI is InChI=1S/C16H14F3NO/c1-10-4-3-5-12(6-10)13-7-14(16(17,18)19)9-15(8-13)20-11(2)21/h3-9H,1-2H3,(H,20,21). The van der Waals surface area contributed by atoms with E-state index in [2.05, 4.69) is 5.32 Å². The minimum atomic E-state index is -4.47. The summed E-state index contributed by atoms with van der Waals surface area (Å²) in [7, 11) is 0. The third-order valence-corrected chi connectivity index (χ3v) is 2.93. The van der Waals surface area contributed by atoms with Gasteiger partial charge < -0.3 is 5.32 Å². The van der Waals surface area contributed by atoms with Crippen molar-refractivity contribution in [1.29, 1.82) is 0 Å². The first kappa shape index (κ1) is 15.1. The van der Waals surface area contributed by atoms with Gasteiger partial charge in [0.1, 0.15) is 0 Å². The molecule has 2 rings (SSSR count). The van der Waals surface area contributed by atoms with Crippen molar-refractivity contribution in [2.75, 3.05) is 5.32 Å². The predicted molar refractivity (Wildman–Crippen MR) is 75.9 cm³/mol. The topological polar surface area (TPSA) is 29.1 Å². The van der Waals surface area contributed by atoms with Crippen molar-refractivity contribution in [2.45, 2.75) is 20.0 Å². The number of carbonyl (C=O) groups is 1. The minimum Gasteiger partial charge on any atom is -0.326 e. The number of nitrogens with one attached hydrogen (secondary N) is 1. The molecular formula is C16H14F3NO. The Morgan fingerprint density at radius 3 is 2.33 bits per heavy atom. The van der Waals surface area contributed by atoms with Crippen LogP contribution in [0, 0.1) is 6.92 Å². The lowest BCUT2D eigenvalue weighted by Crippen LogP contribution is -2.10. The lowest BCUT2D eigenvalue weighted by Gasteiger charge is -2.13. The number of hydrogen-bond acceptors (Lipinski definition) is 1. The molecule has 2 aromatic rings. The highest BCUT2D eigenvalue weighted by atomic mass is 19.4. The summed E-state index contributed by atoms with van der Waals surface area (Å²) in [5.41, 5.74) is 1.38. The van der Waals surface area contributed by atoms with Gasteiger partial charge in [-0.2, -0.15) is 13.2 Å². The summed E-state index contributed by atoms with van der Waals surface area (Å²) in [5, 5.41) is 2.40. The summed E-state index contributed by atoms with van der Waals surface area (Å²) < 4.78 is 38.9. The first-order chi connectivity index (χ1) is 9.75. The molecular weight excluding hydrogens is 279 g/mol. The Morgan fingerprint density at radius 1 is 1.05 bits per heavy atom. The molecule has 0 heterocycles. The average Bonchev–Trinajstić information content (AvgIpc) is 2.36. The molecule has 0 unspecified atom stereocenters. The Bertz CT molecular complexity index is 677. The van der Waals surface area contributed by atoms with E-state index in [0.717, 1.165) is 17.7 Å². The number of carbonyl (C=O) groups excluding carboxylic acids is 1. The highest BCUT2D eigenvalue weighted by molar-refractivity contribution is 5.89. The van der Waals surface area contributed by atoms with E-state index in [-0.39, 0.29) is 5.69 Å². The van der Waals surface area contributed by atoms with Crippen LogP contribution in [0.2, 0.25) is 0 Å². The zero-order valence-electron chi connectivity index (χ0n) is 11.6. The third-order valence-electron chi connectivity index (χ3n) is 2.93. The van der Waals surface area contributed by atoms with Crippen molar-refractivity contribution in [1.82, 2.24) is 0 Å². The monoisotopic (exact) mass is 293 g/mol. The van der Waals surface area contributed by atoms with Gasteiger partial charge in [0.2, 0.25) is 5.91 Å². The van der Waals surface area contributed by atoms with Crippen LogP contribution in [0.4, 0.5) is 18.9 Å². The molecule has 1 N–H and O–H groups in total. The number of rotatable bonds is 2. The molecule has 5 heteroatoms. The molecule has 0 aliphatic carbocycles. The highest BCUT2D eigenvalue weighted by Crippen LogP contribution is 2.35. The molecule has 0 radical (unpaired) electrons. The van der Waals surface area contributed by atoms with Gasteiger partial charge in [0, 0.05) is 12.6 Å². The van der Waals surface area contributed by atoms with Crippen molar-refractivity contribution < 1.29 is 18.0 Å². The fourth-order valence-electron chi connectivity index (χ4n) is 2.06. The third kappa shape index (κ3) is 3.84. The summed E-state index contributed by atoms with van der Waals surface area (Å²) in [6, 6.07) is 10.7. The second-order valence-electron chi connectivity index (χ2n) is 4.85. The van der Waals surface area contributed by atoms with Gasteiger partial charge in [0.05, 0.1) is 5.56 Å². The lowest BCUT2D eigenvalue weighted by atomic mass is 10.00. The summed E-state index contributed by atoms with van der Waals surface area (Å²) in [6.07, 6.45) is -4.47. The van der Waals surface area contributed by atoms with Crippen LogP contribution in [0.5, 0.6) is 0 Å². The van der Waals surface area contributed by atoms with Gasteiger partial charge in [-0.05, 0) is 36.2 Å². The largest absolute Gasteiger partial charge is 0.416 e. The number of anilines is 1. The molecule has 21 heavy (non-hydrogen) atoms. The lowest BCUT2D eigenvalue weighted by molar-refractivity contribution is -0.137. The smallest absolute Gasteiger partial charge is 0.326 e. The molecule has 0 spiro atoms. The molecule has 0 fully saturated rings. The Labute approximate surface area is 120 Å². The van der Waals surface area contributed by atoms with Gasteiger partial charge >= 0.3 is 6.18 Å². The van der Waals surface area contributed by atoms with E-state index in [0.29, 0.717) is 11.1 Å². The van der Waals surface area contributed by atoms with Crippen molar-refractivity contribution in [3.8, 4) is 11.1 Å². The fraction of sp³-hybridized carbons (Fsp3) is 0.188. The van der Waals surface area contributed by atoms with E-state index < -0.39 is 17.6 Å². The van der Waals surface area contributed by atoms with E-state index >= 15 is 0 Å². The molecule has 0 aromatic heterocycles. The molecule has 0 bridgehead atoms. The SMILES string of the molecule is CC(=O)Nc1cc(-c2cccc(C)c2)cc(C(F)(F)F)c1. The van der Waals surface area contributed by atoms with E-state index in [1.807, 2.05) is 13.0 Å². The van der Waals surface area contributed by atoms with Crippen LogP contribution in [-0.4, -0.2) is 5.91 Å². The van der Waals surface area contributed by atoms with E-state index in [4.69, 9.17) is 0 Å². The number of halogens is 3. The number of amides is 1. The zero-order valence-corrected chi connectivity index (χ0v) is 11.6.